The summed E-state index contributed by atoms with van der Waals surface area (Å²) in [4.78, 5) is 29.1. The predicted octanol–water partition coefficient (Wildman–Crippen LogP) is 0.536. The zero-order chi connectivity index (χ0) is 21.9. The summed E-state index contributed by atoms with van der Waals surface area (Å²) in [5.74, 6) is -1.11. The number of aliphatic hydroxyl groups is 1. The number of aromatic nitrogens is 1. The Kier molecular flexibility index (Phi) is 6.78. The number of aliphatic hydroxyl groups excluding tert-OH is 1. The van der Waals surface area contributed by atoms with E-state index in [0.29, 0.717) is 25.7 Å². The summed E-state index contributed by atoms with van der Waals surface area (Å²) in [6.45, 7) is 1.60. The number of nitrogens with two attached hydrogens (primary N) is 1. The lowest BCUT2D eigenvalue weighted by atomic mass is 9.72. The molecule has 3 rings (SSSR count). The van der Waals surface area contributed by atoms with E-state index in [1.807, 2.05) is 0 Å². The highest BCUT2D eigenvalue weighted by Gasteiger charge is 2.46. The van der Waals surface area contributed by atoms with Crippen LogP contribution in [0.4, 0.5) is 0 Å². The van der Waals surface area contributed by atoms with Gasteiger partial charge in [-0.25, -0.2) is 13.4 Å². The molecule has 0 spiro atoms. The number of carbonyl (C=O) groups excluding carboxylic acids is 2. The summed E-state index contributed by atoms with van der Waals surface area (Å²) in [5.41, 5.74) is 4.33. The molecule has 4 N–H and O–H groups in total. The van der Waals surface area contributed by atoms with Gasteiger partial charge in [0.15, 0.2) is 5.03 Å². The third kappa shape index (κ3) is 4.35. The Hall–Kier alpha value is -2.04. The number of carbonyl (C=O) groups is 2. The molecule has 10 heteroatoms. The summed E-state index contributed by atoms with van der Waals surface area (Å²) in [7, 11) is -3.89. The zero-order valence-corrected chi connectivity index (χ0v) is 18.0. The number of pyridine rings is 1. The lowest BCUT2D eigenvalue weighted by Gasteiger charge is -2.35. The van der Waals surface area contributed by atoms with Gasteiger partial charge in [0.2, 0.25) is 11.8 Å². The standard InChI is InChI=1S/C20H30N4O5S/c1-14-8-9-15(23-19(27)20(18(21)26)10-4-2-5-11-20)16(25)13-24(14)30(28,29)17-7-3-6-12-22-17/h3,6-7,12,14-16,25H,2,4-5,8-11,13H2,1H3,(H2,21,26)(H,23,27)/t14-,15+,16-/m1/s1. The Balaban J connectivity index is 1.77. The van der Waals surface area contributed by atoms with Crippen LogP contribution < -0.4 is 11.1 Å². The Morgan fingerprint density at radius 1 is 1.23 bits per heavy atom. The fraction of sp³-hybridized carbons (Fsp3) is 0.650. The number of primary amides is 1. The molecule has 166 valence electrons. The Labute approximate surface area is 177 Å². The van der Waals surface area contributed by atoms with Gasteiger partial charge in [-0.2, -0.15) is 4.31 Å². The van der Waals surface area contributed by atoms with Crippen LogP contribution in [0.2, 0.25) is 0 Å². The monoisotopic (exact) mass is 438 g/mol. The first kappa shape index (κ1) is 22.6. The van der Waals surface area contributed by atoms with Crippen molar-refractivity contribution in [1.29, 1.82) is 0 Å². The quantitative estimate of drug-likeness (QED) is 0.573. The first-order valence-corrected chi connectivity index (χ1v) is 11.8. The van der Waals surface area contributed by atoms with Gasteiger partial charge in [-0.1, -0.05) is 25.3 Å². The fourth-order valence-corrected chi connectivity index (χ4v) is 6.03. The lowest BCUT2D eigenvalue weighted by molar-refractivity contribution is -0.145. The molecule has 2 fully saturated rings. The molecule has 0 bridgehead atoms. The molecule has 1 aromatic heterocycles. The number of nitrogens with zero attached hydrogens (tertiary/aromatic N) is 2. The van der Waals surface area contributed by atoms with Crippen molar-refractivity contribution in [1.82, 2.24) is 14.6 Å². The summed E-state index contributed by atoms with van der Waals surface area (Å²) < 4.78 is 27.3. The van der Waals surface area contributed by atoms with Crippen LogP contribution in [0.15, 0.2) is 29.4 Å². The van der Waals surface area contributed by atoms with E-state index < -0.39 is 39.4 Å². The number of amides is 2. The van der Waals surface area contributed by atoms with Crippen molar-refractivity contribution in [3.05, 3.63) is 24.4 Å². The predicted molar refractivity (Wildman–Crippen MR) is 109 cm³/mol. The maximum absolute atomic E-state index is 13.0. The molecule has 30 heavy (non-hydrogen) atoms. The van der Waals surface area contributed by atoms with Crippen LogP contribution in [0.5, 0.6) is 0 Å². The number of hydrogen-bond donors (Lipinski definition) is 3. The minimum absolute atomic E-state index is 0.0820. The first-order chi connectivity index (χ1) is 14.2. The van der Waals surface area contributed by atoms with Gasteiger partial charge in [-0.05, 0) is 44.7 Å². The zero-order valence-electron chi connectivity index (χ0n) is 17.2. The van der Waals surface area contributed by atoms with Gasteiger partial charge >= 0.3 is 0 Å². The number of rotatable bonds is 5. The second-order valence-corrected chi connectivity index (χ2v) is 10.2. The Morgan fingerprint density at radius 2 is 1.93 bits per heavy atom. The van der Waals surface area contributed by atoms with E-state index in [1.165, 1.54) is 16.6 Å². The van der Waals surface area contributed by atoms with Crippen molar-refractivity contribution in [2.24, 2.45) is 11.1 Å². The molecule has 0 aromatic carbocycles. The highest BCUT2D eigenvalue weighted by molar-refractivity contribution is 7.89. The molecule has 1 saturated heterocycles. The van der Waals surface area contributed by atoms with E-state index in [0.717, 1.165) is 19.3 Å². The topological polar surface area (TPSA) is 143 Å². The molecule has 2 aliphatic rings. The van der Waals surface area contributed by atoms with Crippen molar-refractivity contribution in [3.8, 4) is 0 Å². The smallest absolute Gasteiger partial charge is 0.260 e. The molecule has 1 aliphatic heterocycles. The summed E-state index contributed by atoms with van der Waals surface area (Å²) in [6, 6.07) is 3.59. The Morgan fingerprint density at radius 3 is 2.53 bits per heavy atom. The summed E-state index contributed by atoms with van der Waals surface area (Å²) >= 11 is 0. The Bertz CT molecular complexity index is 870. The molecular weight excluding hydrogens is 408 g/mol. The second kappa shape index (κ2) is 8.99. The molecule has 0 radical (unpaired) electrons. The normalized spacial score (nSPS) is 27.7. The number of nitrogens with one attached hydrogen (secondary N) is 1. The maximum atomic E-state index is 13.0. The van der Waals surface area contributed by atoms with Gasteiger partial charge in [-0.3, -0.25) is 9.59 Å². The highest BCUT2D eigenvalue weighted by Crippen LogP contribution is 2.37. The number of hydrogen-bond acceptors (Lipinski definition) is 6. The van der Waals surface area contributed by atoms with Crippen LogP contribution in [0, 0.1) is 5.41 Å². The van der Waals surface area contributed by atoms with Crippen LogP contribution in [0.3, 0.4) is 0 Å². The van der Waals surface area contributed by atoms with E-state index in [1.54, 1.807) is 19.1 Å². The van der Waals surface area contributed by atoms with Crippen LogP contribution in [0.25, 0.3) is 0 Å². The second-order valence-electron chi connectivity index (χ2n) is 8.32. The van der Waals surface area contributed by atoms with E-state index in [2.05, 4.69) is 10.3 Å². The van der Waals surface area contributed by atoms with Crippen LogP contribution >= 0.6 is 0 Å². The molecular formula is C20H30N4O5S. The van der Waals surface area contributed by atoms with Crippen molar-refractivity contribution in [3.63, 3.8) is 0 Å². The molecule has 2 heterocycles. The molecule has 2 amide bonds. The minimum atomic E-state index is -3.89. The molecule has 1 aliphatic carbocycles. The average Bonchev–Trinajstić information content (AvgIpc) is 2.88. The first-order valence-electron chi connectivity index (χ1n) is 10.4. The molecule has 1 aromatic rings. The fourth-order valence-electron chi connectivity index (χ4n) is 4.42. The lowest BCUT2D eigenvalue weighted by Crippen LogP contribution is -2.56. The van der Waals surface area contributed by atoms with Gasteiger partial charge in [0.05, 0.1) is 12.1 Å². The van der Waals surface area contributed by atoms with Crippen LogP contribution in [0.1, 0.15) is 51.9 Å². The van der Waals surface area contributed by atoms with E-state index in [9.17, 15) is 23.1 Å². The van der Waals surface area contributed by atoms with Crippen LogP contribution in [-0.2, 0) is 19.6 Å². The van der Waals surface area contributed by atoms with Crippen molar-refractivity contribution in [2.45, 2.75) is 75.1 Å². The van der Waals surface area contributed by atoms with E-state index >= 15 is 0 Å². The van der Waals surface area contributed by atoms with Crippen molar-refractivity contribution in [2.75, 3.05) is 6.54 Å². The van der Waals surface area contributed by atoms with Gasteiger partial charge in [0.1, 0.15) is 5.41 Å². The largest absolute Gasteiger partial charge is 0.390 e. The third-order valence-electron chi connectivity index (χ3n) is 6.36. The average molecular weight is 439 g/mol. The van der Waals surface area contributed by atoms with Crippen LogP contribution in [-0.4, -0.2) is 59.4 Å². The number of β-amino-alcohol motifs (C(OH)–C–C–N with tert-alkyl or cyclic N) is 1. The summed E-state index contributed by atoms with van der Waals surface area (Å²) in [6.07, 6.45) is 4.35. The SMILES string of the molecule is C[C@@H]1CC[C@H](NC(=O)C2(C(N)=O)CCCCC2)[C@H](O)CN1S(=O)(=O)c1ccccn1. The summed E-state index contributed by atoms with van der Waals surface area (Å²) in [5, 5.41) is 13.5. The minimum Gasteiger partial charge on any atom is -0.390 e. The number of sulfonamides is 1. The third-order valence-corrected chi connectivity index (χ3v) is 8.26. The van der Waals surface area contributed by atoms with E-state index in [-0.39, 0.29) is 17.6 Å². The van der Waals surface area contributed by atoms with Crippen molar-refractivity contribution >= 4 is 21.8 Å². The highest BCUT2D eigenvalue weighted by atomic mass is 32.2. The maximum Gasteiger partial charge on any atom is 0.260 e. The molecule has 1 saturated carbocycles. The molecule has 9 nitrogen and oxygen atoms in total. The van der Waals surface area contributed by atoms with Gasteiger partial charge in [0, 0.05) is 18.8 Å². The van der Waals surface area contributed by atoms with Gasteiger partial charge in [-0.15, -0.1) is 0 Å². The van der Waals surface area contributed by atoms with E-state index in [4.69, 9.17) is 5.73 Å². The van der Waals surface area contributed by atoms with Crippen molar-refractivity contribution < 1.29 is 23.1 Å². The molecule has 3 atom stereocenters. The molecule has 0 unspecified atom stereocenters. The van der Waals surface area contributed by atoms with Gasteiger partial charge < -0.3 is 16.2 Å². The van der Waals surface area contributed by atoms with Gasteiger partial charge in [0.25, 0.3) is 10.0 Å².